The summed E-state index contributed by atoms with van der Waals surface area (Å²) in [4.78, 5) is 8.21. The van der Waals surface area contributed by atoms with E-state index in [-0.39, 0.29) is 15.6 Å². The van der Waals surface area contributed by atoms with E-state index >= 15 is 0 Å². The van der Waals surface area contributed by atoms with Crippen LogP contribution >= 0.6 is 23.1 Å². The quantitative estimate of drug-likeness (QED) is 0.240. The number of hydrogen-bond donors (Lipinski definition) is 3. The number of H-pyrrole nitrogens is 1. The topological polar surface area (TPSA) is 113 Å². The molecule has 0 radical (unpaired) electrons. The van der Waals surface area contributed by atoms with Crippen LogP contribution in [0.4, 0.5) is 0 Å². The molecule has 0 amide bonds. The van der Waals surface area contributed by atoms with Crippen molar-refractivity contribution in [2.45, 2.75) is 20.9 Å². The number of fused-ring (bicyclic) bond motifs is 1. The summed E-state index contributed by atoms with van der Waals surface area (Å²) in [5.74, 6) is -0.135. The predicted octanol–water partition coefficient (Wildman–Crippen LogP) is 4.44. The largest absolute Gasteiger partial charge is 0.383 e. The van der Waals surface area contributed by atoms with Gasteiger partial charge in [0.15, 0.2) is 0 Å². The highest BCUT2D eigenvalue weighted by molar-refractivity contribution is 8.01. The van der Waals surface area contributed by atoms with Crippen LogP contribution in [-0.4, -0.2) is 30.5 Å². The Labute approximate surface area is 176 Å². The summed E-state index contributed by atoms with van der Waals surface area (Å²) >= 11 is 2.55. The van der Waals surface area contributed by atoms with Crippen molar-refractivity contribution in [2.24, 2.45) is 5.73 Å². The van der Waals surface area contributed by atoms with Gasteiger partial charge in [-0.15, -0.1) is 23.1 Å². The molecule has 2 heterocycles. The average Bonchev–Trinajstić information content (AvgIpc) is 3.34. The van der Waals surface area contributed by atoms with E-state index in [0.717, 1.165) is 27.7 Å². The summed E-state index contributed by atoms with van der Waals surface area (Å²) in [6.07, 6.45) is 3.45. The smallest absolute Gasteiger partial charge is 0.208 e. The van der Waals surface area contributed by atoms with E-state index < -0.39 is 9.84 Å². The van der Waals surface area contributed by atoms with Crippen LogP contribution in [0, 0.1) is 12.3 Å². The highest BCUT2D eigenvalue weighted by Crippen LogP contribution is 2.38. The number of aryl methyl sites for hydroxylation is 1. The van der Waals surface area contributed by atoms with E-state index in [2.05, 4.69) is 9.97 Å². The number of rotatable bonds is 5. The maximum absolute atomic E-state index is 13.4. The monoisotopic (exact) mass is 442 g/mol. The van der Waals surface area contributed by atoms with Gasteiger partial charge < -0.3 is 10.7 Å². The third kappa shape index (κ3) is 3.45. The number of benzene rings is 2. The zero-order valence-corrected chi connectivity index (χ0v) is 18.1. The minimum absolute atomic E-state index is 0.135. The molecule has 0 saturated carbocycles. The first-order chi connectivity index (χ1) is 13.8. The first-order valence-electron chi connectivity index (χ1n) is 8.62. The van der Waals surface area contributed by atoms with Crippen molar-refractivity contribution in [2.75, 3.05) is 6.26 Å². The zero-order chi connectivity index (χ0) is 20.8. The van der Waals surface area contributed by atoms with E-state index in [0.29, 0.717) is 9.09 Å². The molecular weight excluding hydrogens is 424 g/mol. The predicted molar refractivity (Wildman–Crippen MR) is 119 cm³/mol. The Bertz CT molecular complexity index is 1350. The number of aromatic nitrogens is 2. The fourth-order valence-electron chi connectivity index (χ4n) is 3.18. The highest BCUT2D eigenvalue weighted by atomic mass is 32.2. The fourth-order valence-corrected chi connectivity index (χ4v) is 7.08. The van der Waals surface area contributed by atoms with Crippen LogP contribution in [0.1, 0.15) is 10.4 Å². The van der Waals surface area contributed by atoms with Gasteiger partial charge in [0.25, 0.3) is 0 Å². The van der Waals surface area contributed by atoms with Crippen LogP contribution < -0.4 is 5.73 Å². The second-order valence-electron chi connectivity index (χ2n) is 6.50. The number of nitrogens with two attached hydrogens (primary N) is 1. The number of aromatic amines is 1. The fraction of sp³-hybridized carbons (Fsp3) is 0.100. The van der Waals surface area contributed by atoms with E-state index in [1.54, 1.807) is 24.5 Å². The molecular formula is C20H18N4O2S3. The normalized spacial score (nSPS) is 11.8. The van der Waals surface area contributed by atoms with Crippen molar-refractivity contribution >= 4 is 49.8 Å². The number of imidazole rings is 1. The van der Waals surface area contributed by atoms with Gasteiger partial charge in [-0.3, -0.25) is 5.41 Å². The maximum atomic E-state index is 13.4. The molecule has 9 heteroatoms. The lowest BCUT2D eigenvalue weighted by molar-refractivity contribution is 0.595. The first-order valence-corrected chi connectivity index (χ1v) is 12.1. The molecule has 0 unspecified atom stereocenters. The Morgan fingerprint density at radius 2 is 2.03 bits per heavy atom. The molecule has 0 aliphatic carbocycles. The lowest BCUT2D eigenvalue weighted by Crippen LogP contribution is -2.08. The van der Waals surface area contributed by atoms with Crippen LogP contribution in [0.5, 0.6) is 0 Å². The minimum atomic E-state index is -3.75. The number of amidine groups is 1. The second-order valence-corrected chi connectivity index (χ2v) is 10.5. The molecule has 4 N–H and O–H groups in total. The average molecular weight is 443 g/mol. The van der Waals surface area contributed by atoms with Crippen molar-refractivity contribution in [1.82, 2.24) is 9.97 Å². The van der Waals surface area contributed by atoms with Crippen LogP contribution in [-0.2, 0) is 9.84 Å². The molecule has 0 spiro atoms. The van der Waals surface area contributed by atoms with Crippen molar-refractivity contribution in [1.29, 1.82) is 5.41 Å². The van der Waals surface area contributed by atoms with E-state index in [4.69, 9.17) is 11.1 Å². The number of thioether (sulfide) groups is 1. The van der Waals surface area contributed by atoms with Gasteiger partial charge in [0.1, 0.15) is 5.84 Å². The molecule has 148 valence electrons. The molecule has 0 aliphatic heterocycles. The molecule has 0 atom stereocenters. The molecule has 0 bridgehead atoms. The van der Waals surface area contributed by atoms with Gasteiger partial charge in [-0.25, -0.2) is 13.4 Å². The van der Waals surface area contributed by atoms with Crippen molar-refractivity contribution < 1.29 is 8.42 Å². The van der Waals surface area contributed by atoms with Crippen LogP contribution in [0.3, 0.4) is 0 Å². The molecule has 0 saturated heterocycles. The van der Waals surface area contributed by atoms with Crippen molar-refractivity contribution in [3.63, 3.8) is 0 Å². The van der Waals surface area contributed by atoms with E-state index in [1.165, 1.54) is 29.2 Å². The van der Waals surface area contributed by atoms with Gasteiger partial charge in [-0.05, 0) is 60.2 Å². The van der Waals surface area contributed by atoms with Crippen LogP contribution in [0.25, 0.3) is 22.2 Å². The minimum Gasteiger partial charge on any atom is -0.383 e. The summed E-state index contributed by atoms with van der Waals surface area (Å²) in [5.41, 5.74) is 10.1. The Hall–Kier alpha value is -2.62. The van der Waals surface area contributed by atoms with E-state index in [1.807, 2.05) is 31.4 Å². The molecule has 0 fully saturated rings. The van der Waals surface area contributed by atoms with E-state index in [9.17, 15) is 8.42 Å². The van der Waals surface area contributed by atoms with Gasteiger partial charge in [-0.2, -0.15) is 0 Å². The Balaban J connectivity index is 1.84. The number of sulfone groups is 1. The SMILES string of the molecule is CSc1sc(C(=N)N)cc1S(=O)(=O)c1cccc(-c2cc3[nH]cnc3cc2C)c1. The molecule has 0 aliphatic rings. The van der Waals surface area contributed by atoms with Gasteiger partial charge in [0.2, 0.25) is 9.84 Å². The standard InChI is InChI=1S/C20H18N4O2S3/c1-11-6-15-16(24-10-23-15)8-14(11)12-4-3-5-13(7-12)29(25,26)18-9-17(19(21)22)28-20(18)27-2/h3-10H,1-2H3,(H3,21,22)(H,23,24). The summed E-state index contributed by atoms with van der Waals surface area (Å²) < 4.78 is 27.3. The third-order valence-corrected chi connectivity index (χ3v) is 8.97. The number of thiophene rings is 1. The molecule has 4 rings (SSSR count). The maximum Gasteiger partial charge on any atom is 0.208 e. The molecule has 2 aromatic heterocycles. The molecule has 2 aromatic carbocycles. The Morgan fingerprint density at radius 3 is 2.76 bits per heavy atom. The lowest BCUT2D eigenvalue weighted by atomic mass is 10.00. The zero-order valence-electron chi connectivity index (χ0n) is 15.7. The first kappa shape index (κ1) is 19.7. The second kappa shape index (κ2) is 7.33. The summed E-state index contributed by atoms with van der Waals surface area (Å²) in [7, 11) is -3.75. The van der Waals surface area contributed by atoms with Gasteiger partial charge in [-0.1, -0.05) is 12.1 Å². The summed E-state index contributed by atoms with van der Waals surface area (Å²) in [5, 5.41) is 7.63. The number of nitrogens with one attached hydrogen (secondary N) is 2. The van der Waals surface area contributed by atoms with Gasteiger partial charge in [0.05, 0.1) is 36.2 Å². The number of nitrogens with zero attached hydrogens (tertiary/aromatic N) is 1. The van der Waals surface area contributed by atoms with Gasteiger partial charge in [0, 0.05) is 0 Å². The van der Waals surface area contributed by atoms with Crippen molar-refractivity contribution in [3.8, 4) is 11.1 Å². The molecule has 4 aromatic rings. The molecule has 29 heavy (non-hydrogen) atoms. The number of hydrogen-bond acceptors (Lipinski definition) is 6. The van der Waals surface area contributed by atoms with Crippen LogP contribution in [0.2, 0.25) is 0 Å². The van der Waals surface area contributed by atoms with Crippen LogP contribution in [0.15, 0.2) is 62.8 Å². The summed E-state index contributed by atoms with van der Waals surface area (Å²) in [6, 6.07) is 12.4. The Morgan fingerprint density at radius 1 is 1.24 bits per heavy atom. The van der Waals surface area contributed by atoms with Crippen molar-refractivity contribution in [3.05, 3.63) is 59.2 Å². The number of nitrogen functional groups attached to an aromatic ring is 1. The molecule has 6 nitrogen and oxygen atoms in total. The lowest BCUT2D eigenvalue weighted by Gasteiger charge is -2.10. The third-order valence-electron chi connectivity index (χ3n) is 4.63. The Kier molecular flexibility index (Phi) is 4.97. The van der Waals surface area contributed by atoms with Gasteiger partial charge >= 0.3 is 0 Å². The summed E-state index contributed by atoms with van der Waals surface area (Å²) in [6.45, 7) is 1.98. The highest BCUT2D eigenvalue weighted by Gasteiger charge is 2.25.